The Morgan fingerprint density at radius 1 is 1.24 bits per heavy atom. The van der Waals surface area contributed by atoms with Crippen LogP contribution in [-0.2, 0) is 0 Å². The summed E-state index contributed by atoms with van der Waals surface area (Å²) in [7, 11) is 0. The van der Waals surface area contributed by atoms with Crippen molar-refractivity contribution in [3.63, 3.8) is 0 Å². The van der Waals surface area contributed by atoms with Crippen LogP contribution in [0.5, 0.6) is 0 Å². The Labute approximate surface area is 116 Å². The number of primary amides is 1. The van der Waals surface area contributed by atoms with E-state index in [0.29, 0.717) is 17.7 Å². The zero-order valence-electron chi connectivity index (χ0n) is 8.95. The first-order chi connectivity index (χ1) is 8.04. The zero-order valence-corrected chi connectivity index (χ0v) is 12.1. The molecule has 3 N–H and O–H groups in total. The number of rotatable bonds is 5. The van der Waals surface area contributed by atoms with E-state index in [1.165, 1.54) is 12.1 Å². The standard InChI is InChI=1S/C11H12Br2N2O2/c12-5-9(13)6-15-11(17)8-3-1-7(2-4-8)10(14)16/h1-4,9H,5-6H2,(H2,14,16)(H,15,17). The predicted molar refractivity (Wildman–Crippen MR) is 73.8 cm³/mol. The second-order valence-electron chi connectivity index (χ2n) is 3.40. The van der Waals surface area contributed by atoms with Gasteiger partial charge in [-0.15, -0.1) is 0 Å². The van der Waals surface area contributed by atoms with E-state index in [1.54, 1.807) is 12.1 Å². The maximum absolute atomic E-state index is 11.7. The van der Waals surface area contributed by atoms with Crippen LogP contribution in [0.1, 0.15) is 20.7 Å². The number of benzene rings is 1. The highest BCUT2D eigenvalue weighted by atomic mass is 79.9. The van der Waals surface area contributed by atoms with Gasteiger partial charge in [-0.2, -0.15) is 0 Å². The Kier molecular flexibility index (Phi) is 5.64. The summed E-state index contributed by atoms with van der Waals surface area (Å²) in [4.78, 5) is 22.7. The zero-order chi connectivity index (χ0) is 12.8. The van der Waals surface area contributed by atoms with E-state index in [4.69, 9.17) is 5.73 Å². The molecule has 0 aromatic heterocycles. The molecule has 0 aliphatic heterocycles. The Morgan fingerprint density at radius 2 is 1.76 bits per heavy atom. The van der Waals surface area contributed by atoms with Crippen LogP contribution in [0, 0.1) is 0 Å². The molecule has 1 unspecified atom stereocenters. The molecule has 0 aliphatic rings. The SMILES string of the molecule is NC(=O)c1ccc(C(=O)NCC(Br)CBr)cc1. The second-order valence-corrected chi connectivity index (χ2v) is 5.35. The van der Waals surface area contributed by atoms with E-state index >= 15 is 0 Å². The van der Waals surface area contributed by atoms with Crippen LogP contribution in [0.4, 0.5) is 0 Å². The first-order valence-electron chi connectivity index (χ1n) is 4.92. The van der Waals surface area contributed by atoms with Crippen molar-refractivity contribution in [2.24, 2.45) is 5.73 Å². The fourth-order valence-corrected chi connectivity index (χ4v) is 1.54. The quantitative estimate of drug-likeness (QED) is 0.781. The number of alkyl halides is 2. The largest absolute Gasteiger partial charge is 0.366 e. The smallest absolute Gasteiger partial charge is 0.251 e. The van der Waals surface area contributed by atoms with E-state index in [0.717, 1.165) is 5.33 Å². The van der Waals surface area contributed by atoms with Gasteiger partial charge in [-0.1, -0.05) is 31.9 Å². The summed E-state index contributed by atoms with van der Waals surface area (Å²) in [5.41, 5.74) is 6.00. The van der Waals surface area contributed by atoms with Gasteiger partial charge in [0, 0.05) is 27.8 Å². The third-order valence-electron chi connectivity index (χ3n) is 2.08. The van der Waals surface area contributed by atoms with Crippen LogP contribution in [0.25, 0.3) is 0 Å². The van der Waals surface area contributed by atoms with Crippen LogP contribution in [-0.4, -0.2) is 28.5 Å². The molecule has 1 aromatic rings. The normalized spacial score (nSPS) is 11.9. The number of hydrogen-bond acceptors (Lipinski definition) is 2. The summed E-state index contributed by atoms with van der Waals surface area (Å²) in [5, 5.41) is 3.52. The number of nitrogens with two attached hydrogens (primary N) is 1. The number of carbonyl (C=O) groups is 2. The van der Waals surface area contributed by atoms with Gasteiger partial charge in [-0.25, -0.2) is 0 Å². The highest BCUT2D eigenvalue weighted by molar-refractivity contribution is 9.12. The summed E-state index contributed by atoms with van der Waals surface area (Å²) < 4.78 is 0. The summed E-state index contributed by atoms with van der Waals surface area (Å²) in [5.74, 6) is -0.678. The predicted octanol–water partition coefficient (Wildman–Crippen LogP) is 1.67. The molecule has 1 aromatic carbocycles. The molecule has 0 spiro atoms. The molecule has 0 aliphatic carbocycles. The first-order valence-corrected chi connectivity index (χ1v) is 6.96. The van der Waals surface area contributed by atoms with E-state index < -0.39 is 5.91 Å². The number of carbonyl (C=O) groups excluding carboxylic acids is 2. The van der Waals surface area contributed by atoms with Gasteiger partial charge in [-0.3, -0.25) is 9.59 Å². The van der Waals surface area contributed by atoms with Gasteiger partial charge in [0.05, 0.1) is 0 Å². The molecule has 2 amide bonds. The molecule has 0 fully saturated rings. The molecule has 17 heavy (non-hydrogen) atoms. The number of hydrogen-bond donors (Lipinski definition) is 2. The van der Waals surface area contributed by atoms with Crippen molar-refractivity contribution in [3.8, 4) is 0 Å². The molecule has 0 heterocycles. The van der Waals surface area contributed by atoms with Crippen molar-refractivity contribution in [1.82, 2.24) is 5.32 Å². The Balaban J connectivity index is 2.61. The molecule has 4 nitrogen and oxygen atoms in total. The fraction of sp³-hybridized carbons (Fsp3) is 0.273. The maximum atomic E-state index is 11.7. The highest BCUT2D eigenvalue weighted by Crippen LogP contribution is 2.05. The van der Waals surface area contributed by atoms with Gasteiger partial charge in [-0.05, 0) is 24.3 Å². The van der Waals surface area contributed by atoms with Gasteiger partial charge in [0.2, 0.25) is 5.91 Å². The topological polar surface area (TPSA) is 72.2 Å². The summed E-state index contributed by atoms with van der Waals surface area (Å²) in [6, 6.07) is 6.22. The van der Waals surface area contributed by atoms with E-state index in [2.05, 4.69) is 37.2 Å². The molecule has 6 heteroatoms. The Hall–Kier alpha value is -0.880. The summed E-state index contributed by atoms with van der Waals surface area (Å²) in [6.07, 6.45) is 0. The third kappa shape index (κ3) is 4.47. The molecular formula is C11H12Br2N2O2. The van der Waals surface area contributed by atoms with E-state index in [1.807, 2.05) is 0 Å². The van der Waals surface area contributed by atoms with Gasteiger partial charge in [0.1, 0.15) is 0 Å². The lowest BCUT2D eigenvalue weighted by Gasteiger charge is -2.08. The molecule has 92 valence electrons. The van der Waals surface area contributed by atoms with Crippen molar-refractivity contribution < 1.29 is 9.59 Å². The molecule has 0 radical (unpaired) electrons. The van der Waals surface area contributed by atoms with Gasteiger partial charge >= 0.3 is 0 Å². The maximum Gasteiger partial charge on any atom is 0.251 e. The minimum atomic E-state index is -0.503. The average Bonchev–Trinajstić information content (AvgIpc) is 2.35. The minimum absolute atomic E-state index is 0.175. The molecule has 1 atom stereocenters. The number of amides is 2. The summed E-state index contributed by atoms with van der Waals surface area (Å²) >= 11 is 6.68. The van der Waals surface area contributed by atoms with E-state index in [9.17, 15) is 9.59 Å². The Bertz CT molecular complexity index is 406. The monoisotopic (exact) mass is 362 g/mol. The summed E-state index contributed by atoms with van der Waals surface area (Å²) in [6.45, 7) is 0.529. The van der Waals surface area contributed by atoms with Crippen molar-refractivity contribution in [2.75, 3.05) is 11.9 Å². The highest BCUT2D eigenvalue weighted by Gasteiger charge is 2.08. The average molecular weight is 364 g/mol. The lowest BCUT2D eigenvalue weighted by molar-refractivity contribution is 0.0951. The first kappa shape index (κ1) is 14.2. The van der Waals surface area contributed by atoms with E-state index in [-0.39, 0.29) is 10.7 Å². The lowest BCUT2D eigenvalue weighted by atomic mass is 10.1. The third-order valence-corrected chi connectivity index (χ3v) is 4.38. The molecule has 1 rings (SSSR count). The van der Waals surface area contributed by atoms with Gasteiger partial charge < -0.3 is 11.1 Å². The molecule has 0 saturated heterocycles. The second kappa shape index (κ2) is 6.76. The van der Waals surface area contributed by atoms with Crippen molar-refractivity contribution in [2.45, 2.75) is 4.83 Å². The van der Waals surface area contributed by atoms with Crippen LogP contribution < -0.4 is 11.1 Å². The van der Waals surface area contributed by atoms with Crippen molar-refractivity contribution >= 4 is 43.7 Å². The van der Waals surface area contributed by atoms with Crippen molar-refractivity contribution in [3.05, 3.63) is 35.4 Å². The fourth-order valence-electron chi connectivity index (χ4n) is 1.15. The minimum Gasteiger partial charge on any atom is -0.366 e. The van der Waals surface area contributed by atoms with Gasteiger partial charge in [0.15, 0.2) is 0 Å². The molecule has 0 saturated carbocycles. The van der Waals surface area contributed by atoms with Crippen LogP contribution in [0.2, 0.25) is 0 Å². The van der Waals surface area contributed by atoms with Gasteiger partial charge in [0.25, 0.3) is 5.91 Å². The lowest BCUT2D eigenvalue weighted by Crippen LogP contribution is -2.30. The molecule has 0 bridgehead atoms. The Morgan fingerprint density at radius 3 is 2.24 bits per heavy atom. The number of halogens is 2. The number of nitrogens with one attached hydrogen (secondary N) is 1. The van der Waals surface area contributed by atoms with Crippen LogP contribution in [0.15, 0.2) is 24.3 Å². The van der Waals surface area contributed by atoms with Crippen LogP contribution in [0.3, 0.4) is 0 Å². The molecular weight excluding hydrogens is 352 g/mol. The van der Waals surface area contributed by atoms with Crippen LogP contribution >= 0.6 is 31.9 Å². The van der Waals surface area contributed by atoms with Crippen molar-refractivity contribution in [1.29, 1.82) is 0 Å².